The molecule has 7 nitrogen and oxygen atoms in total. The van der Waals surface area contributed by atoms with E-state index in [1.807, 2.05) is 0 Å². The Hall–Kier alpha value is -2.57. The topological polar surface area (TPSA) is 99.3 Å². The Morgan fingerprint density at radius 3 is 2.58 bits per heavy atom. The maximum atomic E-state index is 11.9. The minimum Gasteiger partial charge on any atom is -0.355 e. The van der Waals surface area contributed by atoms with Crippen LogP contribution in [0.25, 0.3) is 0 Å². The van der Waals surface area contributed by atoms with Crippen molar-refractivity contribution < 1.29 is 14.4 Å². The van der Waals surface area contributed by atoms with Gasteiger partial charge in [0.2, 0.25) is 5.91 Å². The number of carbonyl (C=O) groups excluding carboxylic acids is 3. The highest BCUT2D eigenvalue weighted by molar-refractivity contribution is 5.97. The van der Waals surface area contributed by atoms with Crippen molar-refractivity contribution >= 4 is 23.5 Å². The summed E-state index contributed by atoms with van der Waals surface area (Å²) in [6, 6.07) is 6.31. The van der Waals surface area contributed by atoms with Crippen molar-refractivity contribution in [3.05, 3.63) is 29.8 Å². The number of benzene rings is 1. The van der Waals surface area contributed by atoms with E-state index in [1.165, 1.54) is 6.42 Å². The molecule has 130 valence electrons. The van der Waals surface area contributed by atoms with E-state index in [4.69, 9.17) is 0 Å². The van der Waals surface area contributed by atoms with Crippen molar-refractivity contribution in [3.8, 4) is 0 Å². The average molecular weight is 332 g/mol. The van der Waals surface area contributed by atoms with Crippen molar-refractivity contribution in [1.82, 2.24) is 16.0 Å². The summed E-state index contributed by atoms with van der Waals surface area (Å²) < 4.78 is 0. The van der Waals surface area contributed by atoms with Crippen molar-refractivity contribution in [1.29, 1.82) is 0 Å². The molecule has 0 spiro atoms. The molecule has 0 radical (unpaired) electrons. The average Bonchev–Trinajstić information content (AvgIpc) is 2.60. The summed E-state index contributed by atoms with van der Waals surface area (Å²) in [4.78, 5) is 35.3. The molecule has 0 aromatic heterocycles. The van der Waals surface area contributed by atoms with Gasteiger partial charge in [-0.2, -0.15) is 0 Å². The Morgan fingerprint density at radius 1 is 1.12 bits per heavy atom. The van der Waals surface area contributed by atoms with Gasteiger partial charge in [-0.15, -0.1) is 0 Å². The molecule has 1 aromatic rings. The fourth-order valence-electron chi connectivity index (χ4n) is 2.74. The molecular weight excluding hydrogens is 308 g/mol. The normalized spacial score (nSPS) is 14.5. The van der Waals surface area contributed by atoms with Crippen LogP contribution in [0, 0.1) is 0 Å². The summed E-state index contributed by atoms with van der Waals surface area (Å²) in [5.74, 6) is -0.415. The third-order valence-electron chi connectivity index (χ3n) is 3.99. The van der Waals surface area contributed by atoms with Crippen LogP contribution >= 0.6 is 0 Å². The van der Waals surface area contributed by atoms with Gasteiger partial charge in [0.25, 0.3) is 5.91 Å². The first-order valence-electron chi connectivity index (χ1n) is 8.25. The fraction of sp³-hybridized carbons (Fsp3) is 0.471. The van der Waals surface area contributed by atoms with E-state index in [9.17, 15) is 14.4 Å². The Bertz CT molecular complexity index is 597. The zero-order chi connectivity index (χ0) is 17.4. The largest absolute Gasteiger partial charge is 0.355 e. The van der Waals surface area contributed by atoms with E-state index in [2.05, 4.69) is 21.3 Å². The third-order valence-corrected chi connectivity index (χ3v) is 3.99. The molecule has 2 rings (SSSR count). The van der Waals surface area contributed by atoms with Crippen LogP contribution in [0.2, 0.25) is 0 Å². The number of nitrogens with one attached hydrogen (secondary N) is 4. The van der Waals surface area contributed by atoms with Gasteiger partial charge in [0.15, 0.2) is 0 Å². The molecule has 0 heterocycles. The number of hydrogen-bond acceptors (Lipinski definition) is 3. The van der Waals surface area contributed by atoms with Gasteiger partial charge in [0.1, 0.15) is 0 Å². The first kappa shape index (κ1) is 17.8. The van der Waals surface area contributed by atoms with Gasteiger partial charge in [-0.25, -0.2) is 4.79 Å². The predicted molar refractivity (Wildman–Crippen MR) is 91.9 cm³/mol. The van der Waals surface area contributed by atoms with E-state index >= 15 is 0 Å². The van der Waals surface area contributed by atoms with Gasteiger partial charge in [-0.05, 0) is 31.0 Å². The summed E-state index contributed by atoms with van der Waals surface area (Å²) in [5.41, 5.74) is 0.937. The second kappa shape index (κ2) is 8.90. The predicted octanol–water partition coefficient (Wildman–Crippen LogP) is 1.62. The van der Waals surface area contributed by atoms with E-state index in [-0.39, 0.29) is 24.4 Å². The van der Waals surface area contributed by atoms with Gasteiger partial charge in [-0.3, -0.25) is 9.59 Å². The Labute approximate surface area is 141 Å². The molecule has 0 unspecified atom stereocenters. The van der Waals surface area contributed by atoms with Crippen LogP contribution in [0.3, 0.4) is 0 Å². The van der Waals surface area contributed by atoms with Gasteiger partial charge in [-0.1, -0.05) is 25.3 Å². The molecule has 4 amide bonds. The molecule has 0 saturated heterocycles. The van der Waals surface area contributed by atoms with Gasteiger partial charge < -0.3 is 21.3 Å². The Morgan fingerprint density at radius 2 is 1.88 bits per heavy atom. The number of carbonyl (C=O) groups is 3. The number of urea groups is 1. The summed E-state index contributed by atoms with van der Waals surface area (Å²) in [7, 11) is 1.54. The highest BCUT2D eigenvalue weighted by Crippen LogP contribution is 2.17. The van der Waals surface area contributed by atoms with E-state index in [0.717, 1.165) is 25.7 Å². The molecule has 0 atom stereocenters. The number of hydrogen-bond donors (Lipinski definition) is 4. The quantitative estimate of drug-likeness (QED) is 0.659. The highest BCUT2D eigenvalue weighted by atomic mass is 16.2. The maximum absolute atomic E-state index is 11.9. The lowest BCUT2D eigenvalue weighted by Gasteiger charge is -2.22. The van der Waals surface area contributed by atoms with Gasteiger partial charge >= 0.3 is 6.03 Å². The second-order valence-corrected chi connectivity index (χ2v) is 5.87. The van der Waals surface area contributed by atoms with Crippen LogP contribution in [0.4, 0.5) is 10.5 Å². The molecule has 0 aliphatic heterocycles. The van der Waals surface area contributed by atoms with E-state index in [1.54, 1.807) is 31.3 Å². The molecular formula is C17H24N4O3. The summed E-state index contributed by atoms with van der Waals surface area (Å²) in [6.07, 6.45) is 5.51. The van der Waals surface area contributed by atoms with Crippen molar-refractivity contribution in [3.63, 3.8) is 0 Å². The zero-order valence-electron chi connectivity index (χ0n) is 13.9. The van der Waals surface area contributed by atoms with Crippen LogP contribution in [-0.4, -0.2) is 37.5 Å². The summed E-state index contributed by atoms with van der Waals surface area (Å²) >= 11 is 0. The zero-order valence-corrected chi connectivity index (χ0v) is 13.9. The molecule has 1 aliphatic rings. The third kappa shape index (κ3) is 5.57. The highest BCUT2D eigenvalue weighted by Gasteiger charge is 2.16. The van der Waals surface area contributed by atoms with E-state index < -0.39 is 6.03 Å². The standard InChI is InChI=1S/C17H24N4O3/c1-18-16(23)12-6-5-9-14(10-12)21-17(24)19-11-15(22)20-13-7-3-2-4-8-13/h5-6,9-10,13H,2-4,7-8,11H2,1H3,(H,18,23)(H,20,22)(H2,19,21,24). The number of amides is 4. The lowest BCUT2D eigenvalue weighted by Crippen LogP contribution is -2.43. The van der Waals surface area contributed by atoms with Crippen LogP contribution in [-0.2, 0) is 4.79 Å². The SMILES string of the molecule is CNC(=O)c1cccc(NC(=O)NCC(=O)NC2CCCCC2)c1. The molecule has 7 heteroatoms. The molecule has 1 saturated carbocycles. The first-order valence-corrected chi connectivity index (χ1v) is 8.25. The minimum atomic E-state index is -0.483. The van der Waals surface area contributed by atoms with E-state index in [0.29, 0.717) is 11.3 Å². The van der Waals surface area contributed by atoms with Crippen LogP contribution in [0.1, 0.15) is 42.5 Å². The van der Waals surface area contributed by atoms with Crippen LogP contribution < -0.4 is 21.3 Å². The summed E-state index contributed by atoms with van der Waals surface area (Å²) in [5, 5.41) is 10.6. The summed E-state index contributed by atoms with van der Waals surface area (Å²) in [6.45, 7) is -0.0720. The smallest absolute Gasteiger partial charge is 0.319 e. The second-order valence-electron chi connectivity index (χ2n) is 5.87. The van der Waals surface area contributed by atoms with Crippen molar-refractivity contribution in [2.75, 3.05) is 18.9 Å². The lowest BCUT2D eigenvalue weighted by molar-refractivity contribution is -0.121. The number of rotatable bonds is 5. The fourth-order valence-corrected chi connectivity index (χ4v) is 2.74. The monoisotopic (exact) mass is 332 g/mol. The molecule has 1 aromatic carbocycles. The van der Waals surface area contributed by atoms with Crippen LogP contribution in [0.15, 0.2) is 24.3 Å². The molecule has 1 fully saturated rings. The van der Waals surface area contributed by atoms with Crippen molar-refractivity contribution in [2.45, 2.75) is 38.1 Å². The first-order chi connectivity index (χ1) is 11.6. The minimum absolute atomic E-state index is 0.0720. The van der Waals surface area contributed by atoms with Crippen molar-refractivity contribution in [2.24, 2.45) is 0 Å². The maximum Gasteiger partial charge on any atom is 0.319 e. The molecule has 1 aliphatic carbocycles. The van der Waals surface area contributed by atoms with Crippen LogP contribution in [0.5, 0.6) is 0 Å². The number of anilines is 1. The molecule has 4 N–H and O–H groups in total. The Kier molecular flexibility index (Phi) is 6.60. The Balaban J connectivity index is 1.76. The van der Waals surface area contributed by atoms with Gasteiger partial charge in [0.05, 0.1) is 6.54 Å². The van der Waals surface area contributed by atoms with Gasteiger partial charge in [0, 0.05) is 24.3 Å². The lowest BCUT2D eigenvalue weighted by atomic mass is 9.95. The molecule has 24 heavy (non-hydrogen) atoms. The molecule has 0 bridgehead atoms.